The Morgan fingerprint density at radius 3 is 2.33 bits per heavy atom. The smallest absolute Gasteiger partial charge is 0.382 e. The summed E-state index contributed by atoms with van der Waals surface area (Å²) in [6, 6.07) is 15.7. The van der Waals surface area contributed by atoms with E-state index in [-0.39, 0.29) is 6.04 Å². The van der Waals surface area contributed by atoms with Gasteiger partial charge in [-0.1, -0.05) is 49.6 Å². The van der Waals surface area contributed by atoms with Crippen molar-refractivity contribution in [3.05, 3.63) is 54.1 Å². The van der Waals surface area contributed by atoms with E-state index in [1.165, 1.54) is 23.8 Å². The number of fused-ring (bicyclic) bond motifs is 1. The van der Waals surface area contributed by atoms with Gasteiger partial charge in [-0.25, -0.2) is 0 Å². The van der Waals surface area contributed by atoms with E-state index >= 15 is 0 Å². The van der Waals surface area contributed by atoms with Crippen LogP contribution < -0.4 is 11.1 Å². The maximum Gasteiger partial charge on any atom is 0.406 e. The number of likely N-dealkylation sites (tertiary alicyclic amines) is 1. The third kappa shape index (κ3) is 5.57. The lowest BCUT2D eigenvalue weighted by Gasteiger charge is -2.30. The minimum Gasteiger partial charge on any atom is -0.382 e. The first kappa shape index (κ1) is 25.2. The number of nitrogens with one attached hydrogen (secondary N) is 1. The SMILES string of the molecule is CN1CCC(Nc2cccc3c2cc(-c2ccc(C(N)C4CCCCC4)cc2)n3CC(F)(F)F)CC1. The van der Waals surface area contributed by atoms with Crippen LogP contribution in [0.3, 0.4) is 0 Å². The Morgan fingerprint density at radius 1 is 0.972 bits per heavy atom. The van der Waals surface area contributed by atoms with Crippen molar-refractivity contribution >= 4 is 16.6 Å². The average molecular weight is 499 g/mol. The molecule has 4 nitrogen and oxygen atoms in total. The summed E-state index contributed by atoms with van der Waals surface area (Å²) < 4.78 is 42.4. The molecule has 2 aromatic carbocycles. The number of halogens is 3. The van der Waals surface area contributed by atoms with E-state index in [1.54, 1.807) is 6.07 Å². The van der Waals surface area contributed by atoms with Gasteiger partial charge < -0.3 is 20.5 Å². The summed E-state index contributed by atoms with van der Waals surface area (Å²) in [6.07, 6.45) is 3.74. The molecular weight excluding hydrogens is 461 g/mol. The molecule has 3 aromatic rings. The van der Waals surface area contributed by atoms with Crippen LogP contribution in [0.5, 0.6) is 0 Å². The third-order valence-corrected chi connectivity index (χ3v) is 8.11. The van der Waals surface area contributed by atoms with Crippen molar-refractivity contribution in [2.45, 2.75) is 69.8 Å². The molecule has 1 saturated heterocycles. The van der Waals surface area contributed by atoms with Crippen molar-refractivity contribution in [1.82, 2.24) is 9.47 Å². The molecule has 0 radical (unpaired) electrons. The van der Waals surface area contributed by atoms with Crippen LogP contribution >= 0.6 is 0 Å². The lowest BCUT2D eigenvalue weighted by Crippen LogP contribution is -2.36. The number of nitrogens with two attached hydrogens (primary N) is 1. The Hall–Kier alpha value is -2.51. The molecule has 1 unspecified atom stereocenters. The third-order valence-electron chi connectivity index (χ3n) is 8.11. The Balaban J connectivity index is 1.47. The Bertz CT molecular complexity index is 1150. The lowest BCUT2D eigenvalue weighted by atomic mass is 9.81. The van der Waals surface area contributed by atoms with Gasteiger partial charge in [0, 0.05) is 28.9 Å². The number of benzene rings is 2. The molecule has 5 rings (SSSR count). The summed E-state index contributed by atoms with van der Waals surface area (Å²) in [6.45, 7) is 1.01. The quantitative estimate of drug-likeness (QED) is 0.386. The number of aromatic nitrogens is 1. The summed E-state index contributed by atoms with van der Waals surface area (Å²) in [7, 11) is 2.12. The number of hydrogen-bond acceptors (Lipinski definition) is 3. The maximum atomic E-state index is 13.7. The topological polar surface area (TPSA) is 46.2 Å². The Morgan fingerprint density at radius 2 is 1.67 bits per heavy atom. The highest BCUT2D eigenvalue weighted by Crippen LogP contribution is 2.37. The Labute approximate surface area is 211 Å². The van der Waals surface area contributed by atoms with Crippen LogP contribution in [0.15, 0.2) is 48.5 Å². The van der Waals surface area contributed by atoms with E-state index in [9.17, 15) is 13.2 Å². The summed E-state index contributed by atoms with van der Waals surface area (Å²) in [5.74, 6) is 0.481. The predicted octanol–water partition coefficient (Wildman–Crippen LogP) is 6.96. The van der Waals surface area contributed by atoms with Crippen molar-refractivity contribution in [1.29, 1.82) is 0 Å². The van der Waals surface area contributed by atoms with Gasteiger partial charge in [0.25, 0.3) is 0 Å². The summed E-state index contributed by atoms with van der Waals surface area (Å²) in [5, 5.41) is 4.45. The minimum absolute atomic E-state index is 0.0225. The molecule has 0 amide bonds. The molecule has 1 atom stereocenters. The number of anilines is 1. The summed E-state index contributed by atoms with van der Waals surface area (Å²) >= 11 is 0. The van der Waals surface area contributed by atoms with Crippen molar-refractivity contribution < 1.29 is 13.2 Å². The fraction of sp³-hybridized carbons (Fsp3) is 0.517. The van der Waals surface area contributed by atoms with Crippen LogP contribution in [-0.2, 0) is 6.54 Å². The molecule has 36 heavy (non-hydrogen) atoms. The predicted molar refractivity (Wildman–Crippen MR) is 141 cm³/mol. The van der Waals surface area contributed by atoms with Crippen LogP contribution in [0.25, 0.3) is 22.2 Å². The molecular formula is C29H37F3N4. The second kappa shape index (κ2) is 10.5. The van der Waals surface area contributed by atoms with E-state index in [1.807, 2.05) is 42.5 Å². The van der Waals surface area contributed by atoms with E-state index in [4.69, 9.17) is 5.73 Å². The first-order chi connectivity index (χ1) is 17.3. The van der Waals surface area contributed by atoms with E-state index < -0.39 is 12.7 Å². The molecule has 194 valence electrons. The summed E-state index contributed by atoms with van der Waals surface area (Å²) in [4.78, 5) is 2.31. The molecule has 0 spiro atoms. The zero-order valence-corrected chi connectivity index (χ0v) is 21.0. The second-order valence-corrected chi connectivity index (χ2v) is 10.7. The molecule has 0 bridgehead atoms. The van der Waals surface area contributed by atoms with Gasteiger partial charge in [0.1, 0.15) is 6.54 Å². The highest BCUT2D eigenvalue weighted by molar-refractivity contribution is 5.96. The van der Waals surface area contributed by atoms with Gasteiger partial charge in [-0.2, -0.15) is 13.2 Å². The van der Waals surface area contributed by atoms with E-state index in [2.05, 4.69) is 17.3 Å². The van der Waals surface area contributed by atoms with Crippen LogP contribution in [-0.4, -0.2) is 41.8 Å². The van der Waals surface area contributed by atoms with Crippen molar-refractivity contribution in [3.63, 3.8) is 0 Å². The highest BCUT2D eigenvalue weighted by Gasteiger charge is 2.31. The number of piperidine rings is 1. The van der Waals surface area contributed by atoms with Crippen LogP contribution in [0, 0.1) is 5.92 Å². The fourth-order valence-electron chi connectivity index (χ4n) is 6.01. The molecule has 1 aliphatic carbocycles. The zero-order chi connectivity index (χ0) is 25.3. The van der Waals surface area contributed by atoms with E-state index in [0.29, 0.717) is 23.2 Å². The van der Waals surface area contributed by atoms with Crippen LogP contribution in [0.1, 0.15) is 56.6 Å². The number of hydrogen-bond donors (Lipinski definition) is 2. The first-order valence-corrected chi connectivity index (χ1v) is 13.3. The first-order valence-electron chi connectivity index (χ1n) is 13.3. The van der Waals surface area contributed by atoms with Gasteiger partial charge in [0.2, 0.25) is 0 Å². The molecule has 7 heteroatoms. The van der Waals surface area contributed by atoms with E-state index in [0.717, 1.165) is 61.0 Å². The van der Waals surface area contributed by atoms with Crippen LogP contribution in [0.4, 0.5) is 18.9 Å². The monoisotopic (exact) mass is 498 g/mol. The number of rotatable bonds is 6. The Kier molecular flexibility index (Phi) is 7.31. The molecule has 2 aliphatic rings. The van der Waals surface area contributed by atoms with Gasteiger partial charge in [-0.15, -0.1) is 0 Å². The standard InChI is InChI=1S/C29H37F3N4/c1-35-16-14-23(15-17-35)34-25-8-5-9-26-24(25)18-27(36(26)19-29(30,31)32)20-10-12-22(13-11-20)28(33)21-6-3-2-4-7-21/h5,8-13,18,21,23,28,34H,2-4,6-7,14-17,19,33H2,1H3. The zero-order valence-electron chi connectivity index (χ0n) is 21.0. The van der Waals surface area contributed by atoms with Gasteiger partial charge in [-0.3, -0.25) is 0 Å². The van der Waals surface area contributed by atoms with Gasteiger partial charge in [0.15, 0.2) is 0 Å². The largest absolute Gasteiger partial charge is 0.406 e. The molecule has 1 aromatic heterocycles. The average Bonchev–Trinajstić information content (AvgIpc) is 3.23. The lowest BCUT2D eigenvalue weighted by molar-refractivity contribution is -0.139. The minimum atomic E-state index is -4.32. The second-order valence-electron chi connectivity index (χ2n) is 10.7. The van der Waals surface area contributed by atoms with Crippen molar-refractivity contribution in [2.24, 2.45) is 11.7 Å². The number of nitrogens with zero attached hydrogens (tertiary/aromatic N) is 2. The highest BCUT2D eigenvalue weighted by atomic mass is 19.4. The maximum absolute atomic E-state index is 13.7. The van der Waals surface area contributed by atoms with Gasteiger partial charge in [0.05, 0.1) is 5.52 Å². The fourth-order valence-corrected chi connectivity index (χ4v) is 6.01. The number of alkyl halides is 3. The molecule has 1 saturated carbocycles. The van der Waals surface area contributed by atoms with Gasteiger partial charge >= 0.3 is 6.18 Å². The van der Waals surface area contributed by atoms with Crippen LogP contribution in [0.2, 0.25) is 0 Å². The molecule has 2 fully saturated rings. The van der Waals surface area contributed by atoms with Gasteiger partial charge in [-0.05, 0) is 81.1 Å². The normalized spacial score (nSPS) is 19.6. The molecule has 3 N–H and O–H groups in total. The molecule has 2 heterocycles. The van der Waals surface area contributed by atoms with Crippen molar-refractivity contribution in [3.8, 4) is 11.3 Å². The summed E-state index contributed by atoms with van der Waals surface area (Å²) in [5.41, 5.74) is 10.5. The van der Waals surface area contributed by atoms with Crippen molar-refractivity contribution in [2.75, 3.05) is 25.5 Å². The molecule has 1 aliphatic heterocycles.